The maximum atomic E-state index is 12.4. The quantitative estimate of drug-likeness (QED) is 0.930. The van der Waals surface area contributed by atoms with Crippen molar-refractivity contribution in [3.8, 4) is 0 Å². The van der Waals surface area contributed by atoms with Crippen molar-refractivity contribution in [3.05, 3.63) is 59.7 Å². The zero-order valence-electron chi connectivity index (χ0n) is 9.93. The molecule has 1 unspecified atom stereocenters. The van der Waals surface area contributed by atoms with Crippen molar-refractivity contribution in [3.63, 3.8) is 0 Å². The summed E-state index contributed by atoms with van der Waals surface area (Å²) >= 11 is 0. The highest BCUT2D eigenvalue weighted by atomic mass is 19.4. The van der Waals surface area contributed by atoms with Crippen molar-refractivity contribution in [1.82, 2.24) is 9.97 Å². The van der Waals surface area contributed by atoms with E-state index >= 15 is 0 Å². The molecule has 100 valence electrons. The first-order valence-electron chi connectivity index (χ1n) is 5.65. The molecule has 0 bridgehead atoms. The first kappa shape index (κ1) is 13.5. The second-order valence-corrected chi connectivity index (χ2v) is 4.10. The van der Waals surface area contributed by atoms with E-state index in [-0.39, 0.29) is 0 Å². The third kappa shape index (κ3) is 3.51. The van der Waals surface area contributed by atoms with Gasteiger partial charge in [-0.1, -0.05) is 6.07 Å². The molecule has 0 aliphatic heterocycles. The average Bonchev–Trinajstić information content (AvgIpc) is 2.39. The van der Waals surface area contributed by atoms with Crippen LogP contribution in [0.2, 0.25) is 0 Å². The minimum atomic E-state index is -4.38. The summed E-state index contributed by atoms with van der Waals surface area (Å²) in [5, 5.41) is 0. The summed E-state index contributed by atoms with van der Waals surface area (Å²) in [7, 11) is 0. The second-order valence-electron chi connectivity index (χ2n) is 4.10. The van der Waals surface area contributed by atoms with Crippen molar-refractivity contribution in [2.75, 3.05) is 0 Å². The van der Waals surface area contributed by atoms with Gasteiger partial charge in [-0.05, 0) is 24.3 Å². The van der Waals surface area contributed by atoms with Crippen LogP contribution in [0.4, 0.5) is 13.2 Å². The van der Waals surface area contributed by atoms with Crippen LogP contribution in [-0.2, 0) is 12.6 Å². The Bertz CT molecular complexity index is 523. The van der Waals surface area contributed by atoms with Crippen molar-refractivity contribution in [2.24, 2.45) is 5.73 Å². The highest BCUT2D eigenvalue weighted by Crippen LogP contribution is 2.28. The van der Waals surface area contributed by atoms with Crippen LogP contribution >= 0.6 is 0 Å². The Morgan fingerprint density at radius 3 is 2.42 bits per heavy atom. The van der Waals surface area contributed by atoms with E-state index in [2.05, 4.69) is 9.97 Å². The van der Waals surface area contributed by atoms with E-state index in [0.29, 0.717) is 12.1 Å². The maximum Gasteiger partial charge on any atom is 0.417 e. The summed E-state index contributed by atoms with van der Waals surface area (Å²) in [6.07, 6.45) is -1.51. The Hall–Kier alpha value is -1.95. The molecule has 6 heteroatoms. The van der Waals surface area contributed by atoms with E-state index in [4.69, 9.17) is 5.73 Å². The van der Waals surface area contributed by atoms with E-state index in [1.807, 2.05) is 12.1 Å². The lowest BCUT2D eigenvalue weighted by molar-refractivity contribution is -0.137. The average molecular weight is 267 g/mol. The number of hydrogen-bond acceptors (Lipinski definition) is 3. The van der Waals surface area contributed by atoms with Gasteiger partial charge in [-0.25, -0.2) is 0 Å². The fourth-order valence-corrected chi connectivity index (χ4v) is 1.64. The fraction of sp³-hybridized carbons (Fsp3) is 0.231. The molecule has 2 rings (SSSR count). The molecular formula is C13H12F3N3. The van der Waals surface area contributed by atoms with E-state index in [1.54, 1.807) is 12.3 Å². The van der Waals surface area contributed by atoms with E-state index < -0.39 is 17.8 Å². The van der Waals surface area contributed by atoms with Gasteiger partial charge in [-0.3, -0.25) is 9.97 Å². The van der Waals surface area contributed by atoms with Gasteiger partial charge >= 0.3 is 6.18 Å². The normalized spacial score (nSPS) is 13.3. The third-order valence-electron chi connectivity index (χ3n) is 2.65. The van der Waals surface area contributed by atoms with Gasteiger partial charge in [0.2, 0.25) is 0 Å². The Morgan fingerprint density at radius 1 is 1.11 bits per heavy atom. The molecule has 0 fully saturated rings. The van der Waals surface area contributed by atoms with Crippen LogP contribution in [-0.4, -0.2) is 9.97 Å². The van der Waals surface area contributed by atoms with Crippen molar-refractivity contribution in [1.29, 1.82) is 0 Å². The Morgan fingerprint density at radius 2 is 1.89 bits per heavy atom. The molecule has 0 aliphatic rings. The van der Waals surface area contributed by atoms with Gasteiger partial charge in [0.25, 0.3) is 0 Å². The SMILES string of the molecule is NC(Cc1ccccn1)c1ccc(C(F)(F)F)cn1. The number of pyridine rings is 2. The monoisotopic (exact) mass is 267 g/mol. The van der Waals surface area contributed by atoms with Gasteiger partial charge in [0.15, 0.2) is 0 Å². The van der Waals surface area contributed by atoms with Crippen LogP contribution in [0, 0.1) is 0 Å². The lowest BCUT2D eigenvalue weighted by Gasteiger charge is -2.12. The predicted molar refractivity (Wildman–Crippen MR) is 64.1 cm³/mol. The maximum absolute atomic E-state index is 12.4. The summed E-state index contributed by atoms with van der Waals surface area (Å²) in [5.41, 5.74) is 6.32. The van der Waals surface area contributed by atoms with Crippen molar-refractivity contribution in [2.45, 2.75) is 18.6 Å². The minimum Gasteiger partial charge on any atom is -0.322 e. The molecule has 0 amide bonds. The first-order valence-corrected chi connectivity index (χ1v) is 5.65. The smallest absolute Gasteiger partial charge is 0.322 e. The molecule has 2 aromatic heterocycles. The first-order chi connectivity index (χ1) is 8.97. The van der Waals surface area contributed by atoms with Crippen molar-refractivity contribution >= 4 is 0 Å². The highest BCUT2D eigenvalue weighted by molar-refractivity contribution is 5.20. The second kappa shape index (κ2) is 5.36. The lowest BCUT2D eigenvalue weighted by Crippen LogP contribution is -2.16. The molecule has 0 aliphatic carbocycles. The number of aromatic nitrogens is 2. The topological polar surface area (TPSA) is 51.8 Å². The summed E-state index contributed by atoms with van der Waals surface area (Å²) in [5.74, 6) is 0. The lowest BCUT2D eigenvalue weighted by atomic mass is 10.1. The molecule has 2 aromatic rings. The molecule has 0 spiro atoms. The van der Waals surface area contributed by atoms with Gasteiger partial charge in [0, 0.05) is 24.5 Å². The molecule has 2 N–H and O–H groups in total. The van der Waals surface area contributed by atoms with Crippen LogP contribution in [0.3, 0.4) is 0 Å². The van der Waals surface area contributed by atoms with Crippen LogP contribution in [0.15, 0.2) is 42.7 Å². The Kier molecular flexibility index (Phi) is 3.80. The molecule has 0 radical (unpaired) electrons. The number of nitrogens with two attached hydrogens (primary N) is 1. The van der Waals surface area contributed by atoms with Crippen molar-refractivity contribution < 1.29 is 13.2 Å². The van der Waals surface area contributed by atoms with Gasteiger partial charge in [0.05, 0.1) is 17.3 Å². The molecule has 19 heavy (non-hydrogen) atoms. The number of rotatable bonds is 3. The summed E-state index contributed by atoms with van der Waals surface area (Å²) < 4.78 is 37.2. The van der Waals surface area contributed by atoms with Gasteiger partial charge in [0.1, 0.15) is 0 Å². The highest BCUT2D eigenvalue weighted by Gasteiger charge is 2.30. The Balaban J connectivity index is 2.10. The van der Waals surface area contributed by atoms with E-state index in [0.717, 1.165) is 18.0 Å². The fourth-order valence-electron chi connectivity index (χ4n) is 1.64. The zero-order valence-corrected chi connectivity index (χ0v) is 9.93. The van der Waals surface area contributed by atoms with E-state index in [1.165, 1.54) is 6.07 Å². The zero-order chi connectivity index (χ0) is 13.9. The van der Waals surface area contributed by atoms with Gasteiger partial charge in [-0.2, -0.15) is 13.2 Å². The molecule has 2 heterocycles. The molecule has 0 aromatic carbocycles. The van der Waals surface area contributed by atoms with Gasteiger partial charge < -0.3 is 5.73 Å². The summed E-state index contributed by atoms with van der Waals surface area (Å²) in [6, 6.07) is 7.24. The van der Waals surface area contributed by atoms with Crippen LogP contribution in [0.1, 0.15) is 23.0 Å². The van der Waals surface area contributed by atoms with Gasteiger partial charge in [-0.15, -0.1) is 0 Å². The van der Waals surface area contributed by atoms with Crippen LogP contribution in [0.5, 0.6) is 0 Å². The molecule has 0 saturated carbocycles. The molecular weight excluding hydrogens is 255 g/mol. The number of alkyl halides is 3. The van der Waals surface area contributed by atoms with Crippen LogP contribution < -0.4 is 5.73 Å². The molecule has 3 nitrogen and oxygen atoms in total. The minimum absolute atomic E-state index is 0.415. The number of nitrogens with zero attached hydrogens (tertiary/aromatic N) is 2. The summed E-state index contributed by atoms with van der Waals surface area (Å²) in [4.78, 5) is 7.88. The largest absolute Gasteiger partial charge is 0.417 e. The molecule has 1 atom stereocenters. The predicted octanol–water partition coefficient (Wildman–Crippen LogP) is 2.74. The number of halogens is 3. The van der Waals surface area contributed by atoms with Crippen LogP contribution in [0.25, 0.3) is 0 Å². The summed E-state index contributed by atoms with van der Waals surface area (Å²) in [6.45, 7) is 0. The van der Waals surface area contributed by atoms with E-state index in [9.17, 15) is 13.2 Å². The Labute approximate surface area is 108 Å². The number of hydrogen-bond donors (Lipinski definition) is 1. The molecule has 0 saturated heterocycles. The third-order valence-corrected chi connectivity index (χ3v) is 2.65. The standard InChI is InChI=1S/C13H12F3N3/c14-13(15,16)9-4-5-12(19-8-9)11(17)7-10-3-1-2-6-18-10/h1-6,8,11H,7,17H2.